The van der Waals surface area contributed by atoms with E-state index in [0.29, 0.717) is 0 Å². The third-order valence-corrected chi connectivity index (χ3v) is 10.7. The zero-order valence-electron chi connectivity index (χ0n) is 14.8. The second-order valence-corrected chi connectivity index (χ2v) is 13.3. The summed E-state index contributed by atoms with van der Waals surface area (Å²) in [5.74, 6) is 2.48. The number of nitrogens with one attached hydrogen (secondary N) is 2. The average Bonchev–Trinajstić information content (AvgIpc) is 2.41. The summed E-state index contributed by atoms with van der Waals surface area (Å²) in [4.78, 5) is 0. The summed E-state index contributed by atoms with van der Waals surface area (Å²) >= 11 is 0. The van der Waals surface area contributed by atoms with Crippen LogP contribution in [0.15, 0.2) is 0 Å². The van der Waals surface area contributed by atoms with Crippen LogP contribution < -0.4 is 14.6 Å². The van der Waals surface area contributed by atoms with Gasteiger partial charge >= 0.3 is 11.2 Å². The fraction of sp³-hybridized carbons (Fsp3) is 0.750. The fourth-order valence-corrected chi connectivity index (χ4v) is 6.49. The standard InChI is InChI=1S/C12H23F6N3O3S3/c1-9(13,25(4,22)20-8-7-19)12(17,18)10(2,14)26(5,23)21-27(6,24)11(3,15)16/h4-8,19H2,1-3H3,(H,20,22)(H,21,23,24). The molecule has 4 N–H and O–H groups in total. The highest BCUT2D eigenvalue weighted by Gasteiger charge is 2.71. The van der Waals surface area contributed by atoms with Crippen molar-refractivity contribution in [1.29, 1.82) is 0 Å². The lowest BCUT2D eigenvalue weighted by atomic mass is 10.1. The van der Waals surface area contributed by atoms with Crippen molar-refractivity contribution >= 4 is 46.7 Å². The van der Waals surface area contributed by atoms with Crippen molar-refractivity contribution in [2.45, 2.75) is 41.9 Å². The van der Waals surface area contributed by atoms with E-state index in [9.17, 15) is 39.0 Å². The van der Waals surface area contributed by atoms with Crippen molar-refractivity contribution in [3.8, 4) is 0 Å². The highest BCUT2D eigenvalue weighted by molar-refractivity contribution is 8.14. The maximum Gasteiger partial charge on any atom is 0.338 e. The Bertz CT molecular complexity index is 860. The molecule has 0 aliphatic heterocycles. The third-order valence-electron chi connectivity index (χ3n) is 3.69. The van der Waals surface area contributed by atoms with Gasteiger partial charge in [0, 0.05) is 20.0 Å². The lowest BCUT2D eigenvalue weighted by Gasteiger charge is -2.41. The van der Waals surface area contributed by atoms with E-state index >= 15 is 0 Å². The Morgan fingerprint density at radius 3 is 1.52 bits per heavy atom. The molecule has 5 atom stereocenters. The van der Waals surface area contributed by atoms with Crippen molar-refractivity contribution in [2.75, 3.05) is 13.1 Å². The first-order chi connectivity index (χ1) is 11.5. The molecular formula is C12H23F6N3O3S3. The Hall–Kier alpha value is -0.480. The van der Waals surface area contributed by atoms with Gasteiger partial charge in [-0.05, 0) is 31.5 Å². The van der Waals surface area contributed by atoms with Gasteiger partial charge < -0.3 is 5.73 Å². The van der Waals surface area contributed by atoms with Crippen LogP contribution in [0.4, 0.5) is 26.3 Å². The second-order valence-electron chi connectivity index (χ2n) is 6.01. The van der Waals surface area contributed by atoms with E-state index in [1.807, 2.05) is 0 Å². The van der Waals surface area contributed by atoms with Gasteiger partial charge in [-0.3, -0.25) is 0 Å². The van der Waals surface area contributed by atoms with Gasteiger partial charge in [0.1, 0.15) is 9.71 Å². The molecule has 0 spiro atoms. The first-order valence-electron chi connectivity index (χ1n) is 6.99. The number of alkyl halides is 6. The van der Waals surface area contributed by atoms with Gasteiger partial charge in [-0.25, -0.2) is 26.1 Å². The molecule has 0 rings (SSSR count). The lowest BCUT2D eigenvalue weighted by molar-refractivity contribution is -0.148. The molecule has 0 aliphatic rings. The van der Waals surface area contributed by atoms with Crippen molar-refractivity contribution in [3.63, 3.8) is 0 Å². The molecule has 0 bridgehead atoms. The molecule has 6 nitrogen and oxygen atoms in total. The van der Waals surface area contributed by atoms with Crippen LogP contribution >= 0.6 is 0 Å². The SMILES string of the molecule is C=S(=O)(NS(=C)(=O)C(C)(F)C(F)(F)C(C)(F)S(=C)(=O)NCCN)C(C)(F)F. The molecule has 0 saturated carbocycles. The van der Waals surface area contributed by atoms with Crippen molar-refractivity contribution in [1.82, 2.24) is 8.85 Å². The highest BCUT2D eigenvalue weighted by Crippen LogP contribution is 2.48. The molecule has 0 aromatic rings. The van der Waals surface area contributed by atoms with Gasteiger partial charge in [0.05, 0.1) is 19.4 Å². The van der Waals surface area contributed by atoms with E-state index < -0.39 is 56.8 Å². The second kappa shape index (κ2) is 7.40. The molecule has 0 aromatic carbocycles. The summed E-state index contributed by atoms with van der Waals surface area (Å²) in [5.41, 5.74) is 5.08. The van der Waals surface area contributed by atoms with Crippen LogP contribution in [-0.4, -0.2) is 64.5 Å². The lowest BCUT2D eigenvalue weighted by Crippen LogP contribution is -2.66. The van der Waals surface area contributed by atoms with Crippen LogP contribution in [-0.2, 0) is 29.1 Å². The smallest absolute Gasteiger partial charge is 0.329 e. The zero-order chi connectivity index (χ0) is 22.3. The molecule has 0 heterocycles. The number of halogens is 6. The molecule has 164 valence electrons. The van der Waals surface area contributed by atoms with E-state index in [-0.39, 0.29) is 27.3 Å². The number of hydrogen-bond acceptors (Lipinski definition) is 4. The van der Waals surface area contributed by atoms with E-state index in [2.05, 4.69) is 17.6 Å². The molecule has 0 aromatic heterocycles. The quantitative estimate of drug-likeness (QED) is 0.324. The number of rotatable bonds is 10. The van der Waals surface area contributed by atoms with Crippen molar-refractivity contribution in [2.24, 2.45) is 5.73 Å². The largest absolute Gasteiger partial charge is 0.338 e. The Kier molecular flexibility index (Phi) is 7.27. The Labute approximate surface area is 155 Å². The van der Waals surface area contributed by atoms with E-state index in [4.69, 9.17) is 5.73 Å². The van der Waals surface area contributed by atoms with Crippen LogP contribution in [0.5, 0.6) is 0 Å². The van der Waals surface area contributed by atoms with Gasteiger partial charge in [-0.2, -0.15) is 21.7 Å². The number of nitrogens with two attached hydrogens (primary N) is 1. The number of hydrogen-bond donors (Lipinski definition) is 3. The molecule has 0 fully saturated rings. The maximum absolute atomic E-state index is 14.9. The summed E-state index contributed by atoms with van der Waals surface area (Å²) in [6.45, 7) is -0.737. The van der Waals surface area contributed by atoms with Crippen LogP contribution in [0, 0.1) is 0 Å². The van der Waals surface area contributed by atoms with Gasteiger partial charge in [0.15, 0.2) is 0 Å². The average molecular weight is 468 g/mol. The minimum atomic E-state index is -5.37. The van der Waals surface area contributed by atoms with Crippen molar-refractivity contribution in [3.05, 3.63) is 0 Å². The van der Waals surface area contributed by atoms with Crippen LogP contribution in [0.2, 0.25) is 0 Å². The molecule has 0 radical (unpaired) electrons. The summed E-state index contributed by atoms with van der Waals surface area (Å²) in [6.07, 6.45) is 0. The summed E-state index contributed by atoms with van der Waals surface area (Å²) in [6, 6.07) is 0. The molecule has 15 heteroatoms. The Balaban J connectivity index is 6.33. The zero-order valence-corrected chi connectivity index (χ0v) is 17.3. The Morgan fingerprint density at radius 2 is 1.19 bits per heavy atom. The van der Waals surface area contributed by atoms with Crippen LogP contribution in [0.3, 0.4) is 0 Å². The Morgan fingerprint density at radius 1 is 0.815 bits per heavy atom. The maximum atomic E-state index is 14.9. The minimum Gasteiger partial charge on any atom is -0.329 e. The van der Waals surface area contributed by atoms with Crippen LogP contribution in [0.1, 0.15) is 20.8 Å². The predicted octanol–water partition coefficient (Wildman–Crippen LogP) is 0.638. The summed E-state index contributed by atoms with van der Waals surface area (Å²) in [7, 11) is -14.8. The van der Waals surface area contributed by atoms with Gasteiger partial charge in [-0.1, -0.05) is 0 Å². The first-order valence-corrected chi connectivity index (χ1v) is 12.2. The molecular weight excluding hydrogens is 444 g/mol. The molecule has 0 saturated heterocycles. The molecule has 0 aliphatic carbocycles. The third kappa shape index (κ3) is 4.58. The van der Waals surface area contributed by atoms with E-state index in [1.54, 1.807) is 4.72 Å². The van der Waals surface area contributed by atoms with Gasteiger partial charge in [0.2, 0.25) is 0 Å². The monoisotopic (exact) mass is 467 g/mol. The van der Waals surface area contributed by atoms with E-state index in [1.165, 1.54) is 0 Å². The van der Waals surface area contributed by atoms with Crippen LogP contribution in [0.25, 0.3) is 0 Å². The van der Waals surface area contributed by atoms with Gasteiger partial charge in [-0.15, -0.1) is 0 Å². The minimum absolute atomic E-state index is 0.0229. The van der Waals surface area contributed by atoms with Gasteiger partial charge in [0.25, 0.3) is 10.0 Å². The predicted molar refractivity (Wildman–Crippen MR) is 101 cm³/mol. The highest BCUT2D eigenvalue weighted by atomic mass is 32.3. The molecule has 0 amide bonds. The summed E-state index contributed by atoms with van der Waals surface area (Å²) < 4.78 is 125. The normalized spacial score (nSPS) is 24.7. The van der Waals surface area contributed by atoms with E-state index in [0.717, 1.165) is 4.13 Å². The first kappa shape index (κ1) is 26.5. The molecule has 27 heavy (non-hydrogen) atoms. The van der Waals surface area contributed by atoms with Crippen molar-refractivity contribution < 1.29 is 39.0 Å². The topological polar surface area (TPSA) is 101 Å². The molecule has 5 unspecified atom stereocenters. The fourth-order valence-electron chi connectivity index (χ4n) is 1.54. The summed E-state index contributed by atoms with van der Waals surface area (Å²) in [5, 5.41) is -13.0.